The molecule has 1 aliphatic rings. The molecule has 1 N–H and O–H groups in total. The van der Waals surface area contributed by atoms with Crippen molar-refractivity contribution in [3.05, 3.63) is 53.2 Å². The van der Waals surface area contributed by atoms with Crippen LogP contribution in [0.3, 0.4) is 0 Å². The lowest BCUT2D eigenvalue weighted by Crippen LogP contribution is -2.35. The number of nitrogens with one attached hydrogen (secondary N) is 1. The van der Waals surface area contributed by atoms with E-state index in [-0.39, 0.29) is 5.91 Å². The Hall–Kier alpha value is -2.64. The van der Waals surface area contributed by atoms with Gasteiger partial charge in [0.2, 0.25) is 0 Å². The number of carbonyl (C=O) groups is 1. The summed E-state index contributed by atoms with van der Waals surface area (Å²) < 4.78 is 10.8. The van der Waals surface area contributed by atoms with Crippen LogP contribution in [0.2, 0.25) is 5.02 Å². The van der Waals surface area contributed by atoms with E-state index in [4.69, 9.17) is 16.1 Å². The van der Waals surface area contributed by atoms with Gasteiger partial charge in [-0.25, -0.2) is 0 Å². The monoisotopic (exact) mass is 440 g/mol. The third-order valence-corrected chi connectivity index (χ3v) is 6.82. The molecule has 0 saturated carbocycles. The minimum atomic E-state index is -0.0855. The van der Waals surface area contributed by atoms with E-state index < -0.39 is 0 Å². The number of halogens is 1. The number of carbonyl (C=O) groups excluding carboxylic acids is 1. The van der Waals surface area contributed by atoms with Crippen LogP contribution in [0.25, 0.3) is 21.1 Å². The van der Waals surface area contributed by atoms with Crippen LogP contribution in [0.1, 0.15) is 29.8 Å². The molecule has 0 bridgehead atoms. The fourth-order valence-corrected chi connectivity index (χ4v) is 5.02. The number of hydrogen-bond acceptors (Lipinski definition) is 6. The quantitative estimate of drug-likeness (QED) is 0.466. The first-order chi connectivity index (χ1) is 14.7. The zero-order valence-corrected chi connectivity index (χ0v) is 17.9. The van der Waals surface area contributed by atoms with E-state index in [1.54, 1.807) is 6.07 Å². The van der Waals surface area contributed by atoms with Crippen LogP contribution in [0, 0.1) is 5.92 Å². The predicted octanol–water partition coefficient (Wildman–Crippen LogP) is 5.13. The van der Waals surface area contributed by atoms with Crippen molar-refractivity contribution in [2.45, 2.75) is 19.3 Å². The number of benzene rings is 2. The van der Waals surface area contributed by atoms with Crippen molar-refractivity contribution in [2.75, 3.05) is 24.5 Å². The predicted molar refractivity (Wildman–Crippen MR) is 121 cm³/mol. The molecule has 6 nitrogen and oxygen atoms in total. The first-order valence-corrected chi connectivity index (χ1v) is 11.3. The number of aromatic nitrogens is 2. The van der Waals surface area contributed by atoms with Gasteiger partial charge in [0, 0.05) is 36.1 Å². The molecule has 1 fully saturated rings. The van der Waals surface area contributed by atoms with Gasteiger partial charge in [-0.05, 0) is 54.9 Å². The summed E-state index contributed by atoms with van der Waals surface area (Å²) in [7, 11) is 0. The Balaban J connectivity index is 1.13. The first kappa shape index (κ1) is 19.3. The van der Waals surface area contributed by atoms with Crippen LogP contribution < -0.4 is 10.2 Å². The van der Waals surface area contributed by atoms with Crippen molar-refractivity contribution < 1.29 is 9.32 Å². The molecule has 154 valence electrons. The zero-order valence-electron chi connectivity index (χ0n) is 16.3. The summed E-state index contributed by atoms with van der Waals surface area (Å²) >= 11 is 7.40. The number of anilines is 1. The average Bonchev–Trinajstić information content (AvgIpc) is 3.38. The number of rotatable bonds is 5. The summed E-state index contributed by atoms with van der Waals surface area (Å²) in [4.78, 5) is 14.8. The van der Waals surface area contributed by atoms with Crippen molar-refractivity contribution in [3.8, 4) is 0 Å². The fourth-order valence-electron chi connectivity index (χ4n) is 4.08. The van der Waals surface area contributed by atoms with Gasteiger partial charge in [-0.15, -0.1) is 0 Å². The molecule has 1 saturated heterocycles. The molecule has 4 aromatic rings. The molecule has 2 aromatic carbocycles. The molecule has 1 aliphatic heterocycles. The van der Waals surface area contributed by atoms with Gasteiger partial charge in [-0.3, -0.25) is 4.79 Å². The highest BCUT2D eigenvalue weighted by atomic mass is 35.5. The van der Waals surface area contributed by atoms with Crippen LogP contribution in [-0.4, -0.2) is 35.1 Å². The zero-order chi connectivity index (χ0) is 20.5. The Morgan fingerprint density at radius 1 is 1.20 bits per heavy atom. The smallest absolute Gasteiger partial charge is 0.271 e. The van der Waals surface area contributed by atoms with E-state index in [1.807, 2.05) is 36.4 Å². The second kappa shape index (κ2) is 8.24. The molecule has 0 unspecified atom stereocenters. The highest BCUT2D eigenvalue weighted by molar-refractivity contribution is 7.13. The van der Waals surface area contributed by atoms with Gasteiger partial charge in [-0.1, -0.05) is 35.0 Å². The van der Waals surface area contributed by atoms with E-state index in [9.17, 15) is 4.79 Å². The molecule has 5 rings (SSSR count). The van der Waals surface area contributed by atoms with Gasteiger partial charge in [-0.2, -0.15) is 4.37 Å². The van der Waals surface area contributed by atoms with Gasteiger partial charge in [0.1, 0.15) is 5.69 Å². The third kappa shape index (κ3) is 3.75. The molecule has 1 amide bonds. The van der Waals surface area contributed by atoms with E-state index in [0.717, 1.165) is 59.2 Å². The Morgan fingerprint density at radius 3 is 2.90 bits per heavy atom. The van der Waals surface area contributed by atoms with Gasteiger partial charge in [0.05, 0.1) is 10.1 Å². The number of nitrogens with zero attached hydrogens (tertiary/aromatic N) is 3. The lowest BCUT2D eigenvalue weighted by Gasteiger charge is -2.32. The van der Waals surface area contributed by atoms with Gasteiger partial charge in [0.25, 0.3) is 5.91 Å². The van der Waals surface area contributed by atoms with Crippen LogP contribution >= 0.6 is 23.1 Å². The van der Waals surface area contributed by atoms with Gasteiger partial charge >= 0.3 is 0 Å². The molecule has 0 atom stereocenters. The summed E-state index contributed by atoms with van der Waals surface area (Å²) in [6, 6.07) is 13.5. The van der Waals surface area contributed by atoms with E-state index in [1.165, 1.54) is 11.5 Å². The van der Waals surface area contributed by atoms with Crippen molar-refractivity contribution in [2.24, 2.45) is 5.92 Å². The second-order valence-electron chi connectivity index (χ2n) is 7.65. The topological polar surface area (TPSA) is 71.3 Å². The standard InChI is InChI=1S/C22H21ClN4O2S/c23-15-5-6-16-18(13-15)29-25-21(16)27-11-8-14(9-12-27)7-10-24-22(28)20-17-3-1-2-4-19(17)30-26-20/h1-6,13-14H,7-12H2,(H,24,28). The SMILES string of the molecule is O=C(NCCC1CCN(c2noc3cc(Cl)ccc23)CC1)c1nsc2ccccc12. The molecule has 3 heterocycles. The fraction of sp³-hybridized carbons (Fsp3) is 0.318. The Labute approximate surface area is 183 Å². The minimum Gasteiger partial charge on any atom is -0.354 e. The summed E-state index contributed by atoms with van der Waals surface area (Å²) in [5.74, 6) is 1.39. The Bertz CT molecular complexity index is 1200. The molecule has 0 aliphatic carbocycles. The minimum absolute atomic E-state index is 0.0855. The maximum absolute atomic E-state index is 12.5. The van der Waals surface area contributed by atoms with E-state index >= 15 is 0 Å². The molecule has 0 spiro atoms. The Kier molecular flexibility index (Phi) is 5.31. The van der Waals surface area contributed by atoms with Crippen LogP contribution in [0.15, 0.2) is 47.0 Å². The molecular formula is C22H21ClN4O2S. The largest absolute Gasteiger partial charge is 0.354 e. The van der Waals surface area contributed by atoms with Crippen LogP contribution in [0.5, 0.6) is 0 Å². The van der Waals surface area contributed by atoms with Gasteiger partial charge < -0.3 is 14.7 Å². The lowest BCUT2D eigenvalue weighted by molar-refractivity contribution is 0.0948. The lowest BCUT2D eigenvalue weighted by atomic mass is 9.93. The van der Waals surface area contributed by atoms with Crippen molar-refractivity contribution in [3.63, 3.8) is 0 Å². The molecule has 30 heavy (non-hydrogen) atoms. The number of amides is 1. The molecular weight excluding hydrogens is 420 g/mol. The average molecular weight is 441 g/mol. The van der Waals surface area contributed by atoms with Crippen LogP contribution in [0.4, 0.5) is 5.82 Å². The van der Waals surface area contributed by atoms with Gasteiger partial charge in [0.15, 0.2) is 11.4 Å². The molecule has 0 radical (unpaired) electrons. The molecule has 8 heteroatoms. The van der Waals surface area contributed by atoms with E-state index in [0.29, 0.717) is 23.2 Å². The third-order valence-electron chi connectivity index (χ3n) is 5.76. The summed E-state index contributed by atoms with van der Waals surface area (Å²) in [6.45, 7) is 2.53. The summed E-state index contributed by atoms with van der Waals surface area (Å²) in [6.07, 6.45) is 3.10. The molecule has 2 aromatic heterocycles. The number of hydrogen-bond donors (Lipinski definition) is 1. The number of piperidine rings is 1. The Morgan fingerprint density at radius 2 is 2.03 bits per heavy atom. The maximum atomic E-state index is 12.5. The maximum Gasteiger partial charge on any atom is 0.271 e. The summed E-state index contributed by atoms with van der Waals surface area (Å²) in [5.41, 5.74) is 1.25. The highest BCUT2D eigenvalue weighted by Crippen LogP contribution is 2.31. The first-order valence-electron chi connectivity index (χ1n) is 10.1. The normalized spacial score (nSPS) is 15.2. The van der Waals surface area contributed by atoms with Crippen molar-refractivity contribution in [1.82, 2.24) is 14.8 Å². The van der Waals surface area contributed by atoms with E-state index in [2.05, 4.69) is 19.7 Å². The summed E-state index contributed by atoms with van der Waals surface area (Å²) in [5, 5.41) is 9.87. The van der Waals surface area contributed by atoms with Crippen molar-refractivity contribution in [1.29, 1.82) is 0 Å². The van der Waals surface area contributed by atoms with Crippen molar-refractivity contribution >= 4 is 55.9 Å². The van der Waals surface area contributed by atoms with Crippen LogP contribution in [-0.2, 0) is 0 Å². The highest BCUT2D eigenvalue weighted by Gasteiger charge is 2.23. The number of fused-ring (bicyclic) bond motifs is 2. The second-order valence-corrected chi connectivity index (χ2v) is 8.89.